The summed E-state index contributed by atoms with van der Waals surface area (Å²) < 4.78 is 1.00. The molecule has 0 spiro atoms. The molecule has 0 atom stereocenters. The fourth-order valence-electron chi connectivity index (χ4n) is 0.777. The number of Topliss-reactive ketones (excluding diaryl/α,β-unsaturated/α-hetero) is 1. The molecule has 0 radical (unpaired) electrons. The van der Waals surface area contributed by atoms with Gasteiger partial charge in [0, 0.05) is 22.0 Å². The molecule has 0 saturated heterocycles. The van der Waals surface area contributed by atoms with Crippen molar-refractivity contribution in [2.24, 2.45) is 0 Å². The number of halogens is 1. The van der Waals surface area contributed by atoms with Crippen LogP contribution in [0.25, 0.3) is 0 Å². The highest BCUT2D eigenvalue weighted by Gasteiger charge is 2.07. The quantitative estimate of drug-likeness (QED) is 0.776. The predicted molar refractivity (Wildman–Crippen MR) is 59.3 cm³/mol. The van der Waals surface area contributed by atoms with Crippen LogP contribution in [0.3, 0.4) is 0 Å². The minimum absolute atomic E-state index is 0.250. The van der Waals surface area contributed by atoms with E-state index in [0.717, 1.165) is 15.1 Å². The summed E-state index contributed by atoms with van der Waals surface area (Å²) in [6.45, 7) is 0. The van der Waals surface area contributed by atoms with Gasteiger partial charge in [-0.3, -0.25) is 4.79 Å². The molecule has 0 N–H and O–H groups in total. The number of thioether (sulfide) groups is 1. The molecular formula is C8H9BrOS2. The maximum absolute atomic E-state index is 11.4. The number of rotatable bonds is 4. The van der Waals surface area contributed by atoms with Gasteiger partial charge in [-0.05, 0) is 28.3 Å². The number of ketones is 1. The molecule has 0 aliphatic rings. The average molecular weight is 265 g/mol. The van der Waals surface area contributed by atoms with Gasteiger partial charge in [0.05, 0.1) is 4.88 Å². The second-order valence-electron chi connectivity index (χ2n) is 2.30. The van der Waals surface area contributed by atoms with Gasteiger partial charge in [0.15, 0.2) is 5.78 Å². The summed E-state index contributed by atoms with van der Waals surface area (Å²) in [6.07, 6.45) is 2.66. The lowest BCUT2D eigenvalue weighted by Crippen LogP contribution is -1.96. The smallest absolute Gasteiger partial charge is 0.173 e. The van der Waals surface area contributed by atoms with Crippen LogP contribution in [-0.2, 0) is 0 Å². The molecule has 0 bridgehead atoms. The number of hydrogen-bond acceptors (Lipinski definition) is 3. The van der Waals surface area contributed by atoms with Crippen LogP contribution in [0.1, 0.15) is 16.1 Å². The Morgan fingerprint density at radius 2 is 2.50 bits per heavy atom. The second kappa shape index (κ2) is 5.04. The molecule has 1 aromatic heterocycles. The summed E-state index contributed by atoms with van der Waals surface area (Å²) >= 11 is 6.53. The molecule has 0 saturated carbocycles. The van der Waals surface area contributed by atoms with Crippen LogP contribution in [-0.4, -0.2) is 17.8 Å². The molecule has 0 aromatic carbocycles. The summed E-state index contributed by atoms with van der Waals surface area (Å²) in [6, 6.07) is 1.88. The molecule has 12 heavy (non-hydrogen) atoms. The highest BCUT2D eigenvalue weighted by atomic mass is 79.9. The zero-order valence-electron chi connectivity index (χ0n) is 6.67. The molecule has 1 nitrogen and oxygen atoms in total. The largest absolute Gasteiger partial charge is 0.293 e. The molecule has 1 rings (SSSR count). The fourth-order valence-corrected chi connectivity index (χ4v) is 2.56. The monoisotopic (exact) mass is 264 g/mol. The molecule has 4 heteroatoms. The Kier molecular flexibility index (Phi) is 4.32. The first-order chi connectivity index (χ1) is 5.74. The van der Waals surface area contributed by atoms with E-state index in [4.69, 9.17) is 0 Å². The van der Waals surface area contributed by atoms with Gasteiger partial charge in [-0.15, -0.1) is 11.3 Å². The van der Waals surface area contributed by atoms with Gasteiger partial charge in [-0.1, -0.05) is 0 Å². The van der Waals surface area contributed by atoms with E-state index in [2.05, 4.69) is 15.9 Å². The lowest BCUT2D eigenvalue weighted by atomic mass is 10.3. The Morgan fingerprint density at radius 3 is 3.00 bits per heavy atom. The first kappa shape index (κ1) is 10.3. The third kappa shape index (κ3) is 2.92. The Bertz CT molecular complexity index is 270. The summed E-state index contributed by atoms with van der Waals surface area (Å²) in [7, 11) is 0. The predicted octanol–water partition coefficient (Wildman–Crippen LogP) is 3.45. The Hall–Kier alpha value is 0.200. The zero-order chi connectivity index (χ0) is 8.97. The second-order valence-corrected chi connectivity index (χ2v) is 5.11. The van der Waals surface area contributed by atoms with Crippen LogP contribution in [0.15, 0.2) is 15.9 Å². The molecule has 1 aromatic rings. The van der Waals surface area contributed by atoms with E-state index < -0.39 is 0 Å². The van der Waals surface area contributed by atoms with Crippen molar-refractivity contribution in [1.82, 2.24) is 0 Å². The van der Waals surface area contributed by atoms with Crippen molar-refractivity contribution in [3.63, 3.8) is 0 Å². The Balaban J connectivity index is 2.53. The van der Waals surface area contributed by atoms with E-state index in [1.54, 1.807) is 11.8 Å². The maximum atomic E-state index is 11.4. The van der Waals surface area contributed by atoms with Crippen molar-refractivity contribution >= 4 is 44.8 Å². The third-order valence-electron chi connectivity index (χ3n) is 1.38. The molecule has 66 valence electrons. The molecule has 0 amide bonds. The van der Waals surface area contributed by atoms with Gasteiger partial charge in [0.2, 0.25) is 0 Å². The molecule has 1 heterocycles. The summed E-state index contributed by atoms with van der Waals surface area (Å²) in [5.41, 5.74) is 0. The highest BCUT2D eigenvalue weighted by Crippen LogP contribution is 2.21. The molecule has 0 aliphatic carbocycles. The SMILES string of the molecule is CSCCC(=O)c1cc(Br)cs1. The lowest BCUT2D eigenvalue weighted by Gasteiger charge is -1.93. The van der Waals surface area contributed by atoms with Crippen LogP contribution in [0.5, 0.6) is 0 Å². The third-order valence-corrected chi connectivity index (χ3v) is 3.72. The van der Waals surface area contributed by atoms with E-state index >= 15 is 0 Å². The van der Waals surface area contributed by atoms with E-state index in [-0.39, 0.29) is 5.78 Å². The normalized spacial score (nSPS) is 10.2. The molecule has 0 unspecified atom stereocenters. The van der Waals surface area contributed by atoms with Gasteiger partial charge in [0.1, 0.15) is 0 Å². The summed E-state index contributed by atoms with van der Waals surface area (Å²) in [4.78, 5) is 12.3. The first-order valence-corrected chi connectivity index (χ1v) is 6.57. The van der Waals surface area contributed by atoms with Crippen LogP contribution >= 0.6 is 39.0 Å². The van der Waals surface area contributed by atoms with E-state index in [0.29, 0.717) is 6.42 Å². The van der Waals surface area contributed by atoms with Gasteiger partial charge < -0.3 is 0 Å². The van der Waals surface area contributed by atoms with Gasteiger partial charge in [-0.25, -0.2) is 0 Å². The van der Waals surface area contributed by atoms with Crippen LogP contribution < -0.4 is 0 Å². The Morgan fingerprint density at radius 1 is 1.75 bits per heavy atom. The number of thiophene rings is 1. The van der Waals surface area contributed by atoms with Crippen LogP contribution in [0.4, 0.5) is 0 Å². The van der Waals surface area contributed by atoms with Crippen molar-refractivity contribution in [3.05, 3.63) is 20.8 Å². The van der Waals surface area contributed by atoms with Crippen molar-refractivity contribution in [3.8, 4) is 0 Å². The maximum Gasteiger partial charge on any atom is 0.173 e. The summed E-state index contributed by atoms with van der Waals surface area (Å²) in [5.74, 6) is 1.16. The van der Waals surface area contributed by atoms with Crippen LogP contribution in [0, 0.1) is 0 Å². The van der Waals surface area contributed by atoms with Crippen molar-refractivity contribution in [2.75, 3.05) is 12.0 Å². The van der Waals surface area contributed by atoms with E-state index in [9.17, 15) is 4.79 Å². The summed E-state index contributed by atoms with van der Waals surface area (Å²) in [5, 5.41) is 1.94. The minimum Gasteiger partial charge on any atom is -0.293 e. The van der Waals surface area contributed by atoms with Crippen LogP contribution in [0.2, 0.25) is 0 Å². The minimum atomic E-state index is 0.250. The van der Waals surface area contributed by atoms with E-state index in [1.807, 2.05) is 17.7 Å². The average Bonchev–Trinajstić information content (AvgIpc) is 2.47. The number of carbonyl (C=O) groups excluding carboxylic acids is 1. The van der Waals surface area contributed by atoms with Crippen molar-refractivity contribution in [2.45, 2.75) is 6.42 Å². The molecular weight excluding hydrogens is 256 g/mol. The Labute approximate surface area is 88.7 Å². The van der Waals surface area contributed by atoms with Crippen molar-refractivity contribution in [1.29, 1.82) is 0 Å². The topological polar surface area (TPSA) is 17.1 Å². The van der Waals surface area contributed by atoms with Gasteiger partial charge >= 0.3 is 0 Å². The molecule has 0 fully saturated rings. The number of carbonyl (C=O) groups is 1. The lowest BCUT2D eigenvalue weighted by molar-refractivity contribution is 0.0993. The highest BCUT2D eigenvalue weighted by molar-refractivity contribution is 9.10. The first-order valence-electron chi connectivity index (χ1n) is 3.50. The fraction of sp³-hybridized carbons (Fsp3) is 0.375. The van der Waals surface area contributed by atoms with Gasteiger partial charge in [-0.2, -0.15) is 11.8 Å². The van der Waals surface area contributed by atoms with E-state index in [1.165, 1.54) is 11.3 Å². The molecule has 0 aliphatic heterocycles. The number of hydrogen-bond donors (Lipinski definition) is 0. The zero-order valence-corrected chi connectivity index (χ0v) is 9.89. The standard InChI is InChI=1S/C8H9BrOS2/c1-11-3-2-7(10)8-4-6(9)5-12-8/h4-5H,2-3H2,1H3. The van der Waals surface area contributed by atoms with Gasteiger partial charge in [0.25, 0.3) is 0 Å². The van der Waals surface area contributed by atoms with Crippen molar-refractivity contribution < 1.29 is 4.79 Å².